The number of hydrogen-bond donors (Lipinski definition) is 1. The van der Waals surface area contributed by atoms with Gasteiger partial charge in [0, 0.05) is 31.4 Å². The molecule has 0 saturated carbocycles. The summed E-state index contributed by atoms with van der Waals surface area (Å²) in [5.41, 5.74) is 5.54. The number of aryl methyl sites for hydroxylation is 1. The van der Waals surface area contributed by atoms with Crippen molar-refractivity contribution in [1.29, 1.82) is 0 Å². The van der Waals surface area contributed by atoms with Crippen LogP contribution in [0.15, 0.2) is 67.0 Å². The SMILES string of the molecule is Cc1ccc(-n2cc(C3=CCN(CC(=O)NCc4ccc(F)cc4)CC3)cn2)cc1. The summed E-state index contributed by atoms with van der Waals surface area (Å²) in [6, 6.07) is 14.5. The highest BCUT2D eigenvalue weighted by Crippen LogP contribution is 2.23. The fourth-order valence-corrected chi connectivity index (χ4v) is 3.51. The molecule has 2 heterocycles. The van der Waals surface area contributed by atoms with Gasteiger partial charge in [0.25, 0.3) is 0 Å². The molecule has 1 amide bonds. The van der Waals surface area contributed by atoms with E-state index in [0.717, 1.165) is 36.3 Å². The van der Waals surface area contributed by atoms with Gasteiger partial charge in [-0.15, -0.1) is 0 Å². The first-order chi connectivity index (χ1) is 14.6. The highest BCUT2D eigenvalue weighted by atomic mass is 19.1. The number of nitrogens with one attached hydrogen (secondary N) is 1. The molecule has 0 fully saturated rings. The lowest BCUT2D eigenvalue weighted by atomic mass is 10.0. The zero-order chi connectivity index (χ0) is 20.9. The van der Waals surface area contributed by atoms with Crippen molar-refractivity contribution in [3.05, 3.63) is 89.5 Å². The normalized spacial score (nSPS) is 14.4. The van der Waals surface area contributed by atoms with Crippen LogP contribution in [-0.4, -0.2) is 40.2 Å². The van der Waals surface area contributed by atoms with Crippen LogP contribution in [0.1, 0.15) is 23.1 Å². The Bertz CT molecular complexity index is 1040. The fourth-order valence-electron chi connectivity index (χ4n) is 3.51. The van der Waals surface area contributed by atoms with Crippen molar-refractivity contribution in [3.8, 4) is 5.69 Å². The predicted octanol–water partition coefficient (Wildman–Crippen LogP) is 3.73. The van der Waals surface area contributed by atoms with E-state index in [1.807, 2.05) is 10.9 Å². The number of nitrogens with zero attached hydrogens (tertiary/aromatic N) is 3. The summed E-state index contributed by atoms with van der Waals surface area (Å²) in [5.74, 6) is -0.297. The Kier molecular flexibility index (Phi) is 6.05. The van der Waals surface area contributed by atoms with Crippen molar-refractivity contribution in [2.45, 2.75) is 19.9 Å². The molecule has 0 atom stereocenters. The molecule has 5 nitrogen and oxygen atoms in total. The van der Waals surface area contributed by atoms with Gasteiger partial charge in [0.1, 0.15) is 5.82 Å². The summed E-state index contributed by atoms with van der Waals surface area (Å²) in [5, 5.41) is 7.39. The predicted molar refractivity (Wildman–Crippen MR) is 116 cm³/mol. The van der Waals surface area contributed by atoms with Crippen LogP contribution in [0, 0.1) is 12.7 Å². The van der Waals surface area contributed by atoms with Gasteiger partial charge in [-0.2, -0.15) is 5.10 Å². The maximum absolute atomic E-state index is 12.9. The Labute approximate surface area is 175 Å². The third-order valence-corrected chi connectivity index (χ3v) is 5.32. The van der Waals surface area contributed by atoms with Crippen molar-refractivity contribution in [2.75, 3.05) is 19.6 Å². The number of halogens is 1. The Hall–Kier alpha value is -3.25. The van der Waals surface area contributed by atoms with E-state index in [4.69, 9.17) is 0 Å². The van der Waals surface area contributed by atoms with Crippen molar-refractivity contribution in [3.63, 3.8) is 0 Å². The standard InChI is InChI=1S/C24H25FN4O/c1-18-2-8-23(9-3-18)29-16-21(15-27-29)20-10-12-28(13-11-20)17-24(30)26-14-19-4-6-22(25)7-5-19/h2-10,15-16H,11-14,17H2,1H3,(H,26,30). The highest BCUT2D eigenvalue weighted by Gasteiger charge is 2.16. The molecule has 4 rings (SSSR count). The zero-order valence-corrected chi connectivity index (χ0v) is 17.0. The average molecular weight is 404 g/mol. The lowest BCUT2D eigenvalue weighted by Gasteiger charge is -2.25. The molecule has 0 spiro atoms. The van der Waals surface area contributed by atoms with E-state index < -0.39 is 0 Å². The minimum absolute atomic E-state index is 0.0247. The molecule has 0 bridgehead atoms. The van der Waals surface area contributed by atoms with E-state index in [2.05, 4.69) is 58.8 Å². The van der Waals surface area contributed by atoms with E-state index in [1.165, 1.54) is 23.3 Å². The Balaban J connectivity index is 1.29. The molecule has 0 radical (unpaired) electrons. The Morgan fingerprint density at radius 3 is 2.60 bits per heavy atom. The molecule has 30 heavy (non-hydrogen) atoms. The van der Waals surface area contributed by atoms with Gasteiger partial charge in [0.15, 0.2) is 0 Å². The van der Waals surface area contributed by atoms with E-state index in [0.29, 0.717) is 13.1 Å². The summed E-state index contributed by atoms with van der Waals surface area (Å²) < 4.78 is 14.8. The van der Waals surface area contributed by atoms with Gasteiger partial charge in [-0.3, -0.25) is 9.69 Å². The smallest absolute Gasteiger partial charge is 0.234 e. The summed E-state index contributed by atoms with van der Waals surface area (Å²) in [4.78, 5) is 14.3. The van der Waals surface area contributed by atoms with Crippen LogP contribution < -0.4 is 5.32 Å². The first kappa shape index (κ1) is 20.0. The molecule has 1 aliphatic rings. The summed E-state index contributed by atoms with van der Waals surface area (Å²) in [6.45, 7) is 4.39. The lowest BCUT2D eigenvalue weighted by molar-refractivity contribution is -0.122. The topological polar surface area (TPSA) is 50.2 Å². The number of hydrogen-bond acceptors (Lipinski definition) is 3. The van der Waals surface area contributed by atoms with Crippen LogP contribution in [0.2, 0.25) is 0 Å². The van der Waals surface area contributed by atoms with Crippen LogP contribution in [0.3, 0.4) is 0 Å². The van der Waals surface area contributed by atoms with Crippen LogP contribution >= 0.6 is 0 Å². The second-order valence-electron chi connectivity index (χ2n) is 7.63. The molecule has 6 heteroatoms. The number of aromatic nitrogens is 2. The van der Waals surface area contributed by atoms with Gasteiger partial charge in [0.2, 0.25) is 5.91 Å². The number of benzene rings is 2. The lowest BCUT2D eigenvalue weighted by Crippen LogP contribution is -2.39. The first-order valence-electron chi connectivity index (χ1n) is 10.1. The third-order valence-electron chi connectivity index (χ3n) is 5.32. The van der Waals surface area contributed by atoms with Gasteiger partial charge < -0.3 is 5.32 Å². The number of carbonyl (C=O) groups excluding carboxylic acids is 1. The van der Waals surface area contributed by atoms with Crippen LogP contribution in [0.4, 0.5) is 4.39 Å². The molecule has 0 saturated heterocycles. The van der Waals surface area contributed by atoms with Crippen molar-refractivity contribution in [1.82, 2.24) is 20.0 Å². The minimum atomic E-state index is -0.273. The highest BCUT2D eigenvalue weighted by molar-refractivity contribution is 5.78. The van der Waals surface area contributed by atoms with Crippen LogP contribution in [0.5, 0.6) is 0 Å². The Morgan fingerprint density at radius 2 is 1.90 bits per heavy atom. The average Bonchev–Trinajstić information content (AvgIpc) is 3.25. The van der Waals surface area contributed by atoms with Gasteiger partial charge >= 0.3 is 0 Å². The van der Waals surface area contributed by atoms with E-state index >= 15 is 0 Å². The van der Waals surface area contributed by atoms with Crippen LogP contribution in [0.25, 0.3) is 11.3 Å². The first-order valence-corrected chi connectivity index (χ1v) is 10.1. The van der Waals surface area contributed by atoms with Crippen molar-refractivity contribution in [2.24, 2.45) is 0 Å². The zero-order valence-electron chi connectivity index (χ0n) is 17.0. The minimum Gasteiger partial charge on any atom is -0.351 e. The van der Waals surface area contributed by atoms with Gasteiger partial charge in [0.05, 0.1) is 18.4 Å². The molecule has 1 aliphatic heterocycles. The maximum Gasteiger partial charge on any atom is 0.234 e. The maximum atomic E-state index is 12.9. The molecule has 0 aliphatic carbocycles. The second-order valence-corrected chi connectivity index (χ2v) is 7.63. The Morgan fingerprint density at radius 1 is 1.13 bits per heavy atom. The molecular formula is C24H25FN4O. The molecule has 154 valence electrons. The van der Waals surface area contributed by atoms with Gasteiger partial charge in [-0.1, -0.05) is 35.9 Å². The molecule has 2 aromatic carbocycles. The number of carbonyl (C=O) groups is 1. The molecule has 3 aromatic rings. The largest absolute Gasteiger partial charge is 0.351 e. The van der Waals surface area contributed by atoms with Gasteiger partial charge in [-0.05, 0) is 48.7 Å². The van der Waals surface area contributed by atoms with Crippen molar-refractivity contribution >= 4 is 11.5 Å². The monoisotopic (exact) mass is 404 g/mol. The van der Waals surface area contributed by atoms with E-state index in [-0.39, 0.29) is 11.7 Å². The summed E-state index contributed by atoms with van der Waals surface area (Å²) >= 11 is 0. The van der Waals surface area contributed by atoms with E-state index in [9.17, 15) is 9.18 Å². The molecule has 1 N–H and O–H groups in total. The van der Waals surface area contributed by atoms with Crippen LogP contribution in [-0.2, 0) is 11.3 Å². The number of amides is 1. The quantitative estimate of drug-likeness (QED) is 0.681. The number of rotatable bonds is 6. The molecule has 1 aromatic heterocycles. The molecule has 0 unspecified atom stereocenters. The summed E-state index contributed by atoms with van der Waals surface area (Å²) in [6.07, 6.45) is 7.01. The molecular weight excluding hydrogens is 379 g/mol. The second kappa shape index (κ2) is 9.05. The van der Waals surface area contributed by atoms with Crippen molar-refractivity contribution < 1.29 is 9.18 Å². The van der Waals surface area contributed by atoms with Gasteiger partial charge in [-0.25, -0.2) is 9.07 Å². The van der Waals surface area contributed by atoms with E-state index in [1.54, 1.807) is 12.1 Å². The third kappa shape index (κ3) is 5.02. The summed E-state index contributed by atoms with van der Waals surface area (Å²) in [7, 11) is 0. The fraction of sp³-hybridized carbons (Fsp3) is 0.250.